The van der Waals surface area contributed by atoms with Gasteiger partial charge >= 0.3 is 5.97 Å². The summed E-state index contributed by atoms with van der Waals surface area (Å²) in [6, 6.07) is 22.7. The number of fused-ring (bicyclic) bond motifs is 2. The fourth-order valence-electron chi connectivity index (χ4n) is 3.27. The van der Waals surface area contributed by atoms with Crippen molar-refractivity contribution >= 4 is 28.9 Å². The molecule has 27 heavy (non-hydrogen) atoms. The Morgan fingerprint density at radius 2 is 1.70 bits per heavy atom. The topological polar surface area (TPSA) is 58.6 Å². The number of carbonyl (C=O) groups is 2. The van der Waals surface area contributed by atoms with Gasteiger partial charge in [0.2, 0.25) is 0 Å². The van der Waals surface area contributed by atoms with Gasteiger partial charge in [-0.15, -0.1) is 0 Å². The summed E-state index contributed by atoms with van der Waals surface area (Å²) in [5.74, 6) is -0.646. The molecule has 5 nitrogen and oxygen atoms in total. The number of amides is 1. The van der Waals surface area contributed by atoms with Gasteiger partial charge in [0.25, 0.3) is 5.91 Å². The minimum Gasteiger partial charge on any atom is -0.465 e. The third kappa shape index (κ3) is 3.15. The van der Waals surface area contributed by atoms with Crippen molar-refractivity contribution in [2.45, 2.75) is 6.54 Å². The van der Waals surface area contributed by atoms with Crippen LogP contribution in [0.2, 0.25) is 0 Å². The Morgan fingerprint density at radius 1 is 0.963 bits per heavy atom. The molecule has 0 aliphatic carbocycles. The van der Waals surface area contributed by atoms with E-state index < -0.39 is 5.97 Å². The number of benzene rings is 3. The number of anilines is 3. The Morgan fingerprint density at radius 3 is 2.48 bits per heavy atom. The first-order chi connectivity index (χ1) is 13.2. The van der Waals surface area contributed by atoms with Gasteiger partial charge in [-0.3, -0.25) is 4.79 Å². The molecule has 0 saturated heterocycles. The van der Waals surface area contributed by atoms with E-state index in [9.17, 15) is 9.59 Å². The smallest absolute Gasteiger partial charge is 0.337 e. The van der Waals surface area contributed by atoms with Crippen molar-refractivity contribution in [2.24, 2.45) is 0 Å². The predicted molar refractivity (Wildman–Crippen MR) is 104 cm³/mol. The third-order valence-corrected chi connectivity index (χ3v) is 4.58. The van der Waals surface area contributed by atoms with E-state index in [0.717, 1.165) is 16.9 Å². The summed E-state index contributed by atoms with van der Waals surface area (Å²) < 4.78 is 4.80. The number of hydrogen-bond donors (Lipinski definition) is 1. The van der Waals surface area contributed by atoms with E-state index in [1.807, 2.05) is 54.6 Å². The van der Waals surface area contributed by atoms with Crippen LogP contribution in [-0.2, 0) is 11.3 Å². The highest BCUT2D eigenvalue weighted by molar-refractivity contribution is 6.13. The van der Waals surface area contributed by atoms with E-state index in [2.05, 4.69) is 10.2 Å². The van der Waals surface area contributed by atoms with Crippen LogP contribution < -0.4 is 10.2 Å². The standard InChI is InChI=1S/C22H18N2O3/c1-27-22(26)16-11-12-20-18(13-16)23-21(25)17-9-5-6-10-19(17)24(20)14-15-7-3-2-4-8-15/h2-13H,14H2,1H3,(H,23,25). The van der Waals surface area contributed by atoms with Gasteiger partial charge in [0.1, 0.15) is 0 Å². The first-order valence-electron chi connectivity index (χ1n) is 8.61. The van der Waals surface area contributed by atoms with Crippen LogP contribution in [0, 0.1) is 0 Å². The number of methoxy groups -OCH3 is 1. The van der Waals surface area contributed by atoms with Crippen molar-refractivity contribution in [2.75, 3.05) is 17.3 Å². The van der Waals surface area contributed by atoms with Crippen LogP contribution in [0.3, 0.4) is 0 Å². The second-order valence-electron chi connectivity index (χ2n) is 6.27. The van der Waals surface area contributed by atoms with E-state index in [4.69, 9.17) is 4.74 Å². The second-order valence-corrected chi connectivity index (χ2v) is 6.27. The molecule has 0 aromatic heterocycles. The molecule has 1 heterocycles. The van der Waals surface area contributed by atoms with E-state index >= 15 is 0 Å². The Labute approximate surface area is 157 Å². The largest absolute Gasteiger partial charge is 0.465 e. The zero-order chi connectivity index (χ0) is 18.8. The summed E-state index contributed by atoms with van der Waals surface area (Å²) in [5, 5.41) is 2.93. The van der Waals surface area contributed by atoms with Gasteiger partial charge in [-0.25, -0.2) is 4.79 Å². The van der Waals surface area contributed by atoms with Crippen LogP contribution >= 0.6 is 0 Å². The van der Waals surface area contributed by atoms with E-state index in [1.165, 1.54) is 7.11 Å². The second kappa shape index (κ2) is 6.96. The molecule has 5 heteroatoms. The fraction of sp³-hybridized carbons (Fsp3) is 0.0909. The summed E-state index contributed by atoms with van der Waals surface area (Å²) in [4.78, 5) is 26.8. The van der Waals surface area contributed by atoms with E-state index in [0.29, 0.717) is 23.4 Å². The number of para-hydroxylation sites is 1. The molecule has 1 aliphatic heterocycles. The van der Waals surface area contributed by atoms with Crippen LogP contribution in [0.25, 0.3) is 0 Å². The van der Waals surface area contributed by atoms with Gasteiger partial charge in [-0.05, 0) is 35.9 Å². The van der Waals surface area contributed by atoms with Crippen molar-refractivity contribution in [1.82, 2.24) is 0 Å². The number of hydrogen-bond acceptors (Lipinski definition) is 4. The minimum absolute atomic E-state index is 0.204. The molecule has 0 radical (unpaired) electrons. The molecule has 4 rings (SSSR count). The molecule has 3 aromatic carbocycles. The lowest BCUT2D eigenvalue weighted by Crippen LogP contribution is -2.17. The van der Waals surface area contributed by atoms with Crippen molar-refractivity contribution < 1.29 is 14.3 Å². The highest BCUT2D eigenvalue weighted by Gasteiger charge is 2.26. The molecule has 0 bridgehead atoms. The first-order valence-corrected chi connectivity index (χ1v) is 8.61. The average molecular weight is 358 g/mol. The van der Waals surface area contributed by atoms with Crippen molar-refractivity contribution in [3.05, 3.63) is 89.5 Å². The van der Waals surface area contributed by atoms with Gasteiger partial charge < -0.3 is 15.0 Å². The fourth-order valence-corrected chi connectivity index (χ4v) is 3.27. The van der Waals surface area contributed by atoms with Crippen LogP contribution in [-0.4, -0.2) is 19.0 Å². The van der Waals surface area contributed by atoms with Crippen LogP contribution in [0.15, 0.2) is 72.8 Å². The Hall–Kier alpha value is -3.60. The van der Waals surface area contributed by atoms with E-state index in [-0.39, 0.29) is 5.91 Å². The van der Waals surface area contributed by atoms with Gasteiger partial charge in [0.15, 0.2) is 0 Å². The Bertz CT molecular complexity index is 1020. The zero-order valence-corrected chi connectivity index (χ0v) is 14.8. The van der Waals surface area contributed by atoms with Crippen LogP contribution in [0.4, 0.5) is 17.1 Å². The van der Waals surface area contributed by atoms with Crippen LogP contribution in [0.5, 0.6) is 0 Å². The van der Waals surface area contributed by atoms with E-state index in [1.54, 1.807) is 18.2 Å². The molecule has 134 valence electrons. The van der Waals surface area contributed by atoms with Gasteiger partial charge in [-0.1, -0.05) is 42.5 Å². The average Bonchev–Trinajstić information content (AvgIpc) is 2.83. The third-order valence-electron chi connectivity index (χ3n) is 4.58. The Balaban J connectivity index is 1.87. The van der Waals surface area contributed by atoms with Gasteiger partial charge in [0, 0.05) is 6.54 Å². The maximum atomic E-state index is 12.8. The molecular formula is C22H18N2O3. The van der Waals surface area contributed by atoms with Crippen LogP contribution in [0.1, 0.15) is 26.3 Å². The Kier molecular flexibility index (Phi) is 4.34. The normalized spacial score (nSPS) is 12.5. The van der Waals surface area contributed by atoms with Crippen molar-refractivity contribution in [3.63, 3.8) is 0 Å². The SMILES string of the molecule is COC(=O)c1ccc2c(c1)NC(=O)c1ccccc1N2Cc1ccccc1. The summed E-state index contributed by atoms with van der Waals surface area (Å²) >= 11 is 0. The summed E-state index contributed by atoms with van der Waals surface area (Å²) in [7, 11) is 1.34. The van der Waals surface area contributed by atoms with Crippen molar-refractivity contribution in [3.8, 4) is 0 Å². The number of nitrogens with one attached hydrogen (secondary N) is 1. The molecule has 0 spiro atoms. The lowest BCUT2D eigenvalue weighted by atomic mass is 10.1. The lowest BCUT2D eigenvalue weighted by molar-refractivity contribution is 0.0600. The highest BCUT2D eigenvalue weighted by atomic mass is 16.5. The molecule has 0 saturated carbocycles. The summed E-state index contributed by atoms with van der Waals surface area (Å²) in [6.07, 6.45) is 0. The maximum absolute atomic E-state index is 12.8. The predicted octanol–water partition coefficient (Wildman–Crippen LogP) is 4.38. The van der Waals surface area contributed by atoms with Crippen molar-refractivity contribution in [1.29, 1.82) is 0 Å². The number of esters is 1. The molecule has 3 aromatic rings. The zero-order valence-electron chi connectivity index (χ0n) is 14.8. The minimum atomic E-state index is -0.441. The molecule has 0 atom stereocenters. The molecular weight excluding hydrogens is 340 g/mol. The molecule has 0 unspecified atom stereocenters. The molecule has 1 N–H and O–H groups in total. The van der Waals surface area contributed by atoms with Gasteiger partial charge in [-0.2, -0.15) is 0 Å². The summed E-state index contributed by atoms with van der Waals surface area (Å²) in [5.41, 5.74) is 4.32. The molecule has 1 amide bonds. The lowest BCUT2D eigenvalue weighted by Gasteiger charge is -2.26. The monoisotopic (exact) mass is 358 g/mol. The molecule has 1 aliphatic rings. The quantitative estimate of drug-likeness (QED) is 0.706. The number of carbonyl (C=O) groups excluding carboxylic acids is 2. The number of ether oxygens (including phenoxy) is 1. The maximum Gasteiger partial charge on any atom is 0.337 e. The number of nitrogens with zero attached hydrogens (tertiary/aromatic N) is 1. The first kappa shape index (κ1) is 16.8. The molecule has 0 fully saturated rings. The van der Waals surface area contributed by atoms with Gasteiger partial charge in [0.05, 0.1) is 35.3 Å². The number of rotatable bonds is 3. The summed E-state index contributed by atoms with van der Waals surface area (Å²) in [6.45, 7) is 0.595. The highest BCUT2D eigenvalue weighted by Crippen LogP contribution is 2.39.